The van der Waals surface area contributed by atoms with Crippen LogP contribution in [0.3, 0.4) is 0 Å². The molecule has 16 heavy (non-hydrogen) atoms. The van der Waals surface area contributed by atoms with Gasteiger partial charge in [0.2, 0.25) is 5.88 Å². The Labute approximate surface area is 102 Å². The molecule has 1 aromatic rings. The second kappa shape index (κ2) is 5.65. The minimum atomic E-state index is -0.854. The second-order valence-electron chi connectivity index (χ2n) is 3.05. The van der Waals surface area contributed by atoms with Crippen molar-refractivity contribution in [1.82, 2.24) is 4.57 Å². The number of rotatable bonds is 5. The first-order valence-electron chi connectivity index (χ1n) is 4.56. The molecule has 4 nitrogen and oxygen atoms in total. The number of carboxylic acids is 1. The van der Waals surface area contributed by atoms with Gasteiger partial charge in [-0.05, 0) is 18.6 Å². The van der Waals surface area contributed by atoms with Crippen LogP contribution in [0.5, 0.6) is 5.88 Å². The molecule has 1 rings (SSSR count). The summed E-state index contributed by atoms with van der Waals surface area (Å²) in [4.78, 5) is 10.9. The Morgan fingerprint density at radius 1 is 1.69 bits per heavy atom. The van der Waals surface area contributed by atoms with Gasteiger partial charge in [-0.2, -0.15) is 0 Å². The molecule has 0 atom stereocenters. The predicted molar refractivity (Wildman–Crippen MR) is 65.3 cm³/mol. The van der Waals surface area contributed by atoms with Crippen molar-refractivity contribution in [2.45, 2.75) is 19.4 Å². The third-order valence-corrected chi connectivity index (χ3v) is 3.28. The number of aromatic hydroxyl groups is 1. The average molecular weight is 257 g/mol. The van der Waals surface area contributed by atoms with Crippen LogP contribution in [0.25, 0.3) is 6.08 Å². The van der Waals surface area contributed by atoms with Gasteiger partial charge in [0.25, 0.3) is 0 Å². The van der Waals surface area contributed by atoms with Crippen LogP contribution < -0.4 is 0 Å². The number of hydrogen-bond acceptors (Lipinski definition) is 4. The lowest BCUT2D eigenvalue weighted by atomic mass is 10.3. The largest absolute Gasteiger partial charge is 0.493 e. The quantitative estimate of drug-likeness (QED) is 0.629. The Morgan fingerprint density at radius 3 is 2.94 bits per heavy atom. The molecule has 0 unspecified atom stereocenters. The number of carbonyl (C=O) groups is 1. The van der Waals surface area contributed by atoms with Crippen molar-refractivity contribution in [1.29, 1.82) is 0 Å². The molecule has 0 aliphatic heterocycles. The maximum absolute atomic E-state index is 10.3. The first kappa shape index (κ1) is 12.7. The highest BCUT2D eigenvalue weighted by atomic mass is 32.1. The fourth-order valence-corrected chi connectivity index (χ4v) is 2.45. The van der Waals surface area contributed by atoms with Gasteiger partial charge in [0, 0.05) is 19.0 Å². The molecule has 0 radical (unpaired) electrons. The molecule has 0 saturated carbocycles. The topological polar surface area (TPSA) is 62.5 Å². The number of thiazole rings is 1. The molecule has 0 spiro atoms. The Morgan fingerprint density at radius 2 is 2.38 bits per heavy atom. The zero-order chi connectivity index (χ0) is 12.1. The van der Waals surface area contributed by atoms with Gasteiger partial charge < -0.3 is 10.2 Å². The fraction of sp³-hybridized carbons (Fsp3) is 0.300. The summed E-state index contributed by atoms with van der Waals surface area (Å²) in [5, 5.41) is 18.3. The van der Waals surface area contributed by atoms with Crippen molar-refractivity contribution >= 4 is 35.6 Å². The van der Waals surface area contributed by atoms with Crippen LogP contribution in [-0.2, 0) is 11.3 Å². The lowest BCUT2D eigenvalue weighted by Crippen LogP contribution is -2.01. The van der Waals surface area contributed by atoms with Crippen LogP contribution in [0, 0.1) is 3.95 Å². The van der Waals surface area contributed by atoms with E-state index in [-0.39, 0.29) is 12.3 Å². The van der Waals surface area contributed by atoms with Crippen LogP contribution in [0.4, 0.5) is 0 Å². The summed E-state index contributed by atoms with van der Waals surface area (Å²) < 4.78 is 2.04. The first-order chi connectivity index (χ1) is 7.56. The fourth-order valence-electron chi connectivity index (χ4n) is 1.19. The van der Waals surface area contributed by atoms with Crippen LogP contribution in [0.1, 0.15) is 17.7 Å². The first-order valence-corrected chi connectivity index (χ1v) is 5.79. The van der Waals surface area contributed by atoms with E-state index in [1.54, 1.807) is 6.08 Å². The van der Waals surface area contributed by atoms with Crippen LogP contribution in [-0.4, -0.2) is 20.7 Å². The highest BCUT2D eigenvalue weighted by Crippen LogP contribution is 2.27. The van der Waals surface area contributed by atoms with Gasteiger partial charge in [-0.15, -0.1) is 17.1 Å². The molecule has 0 aromatic carbocycles. The zero-order valence-corrected chi connectivity index (χ0v) is 10.1. The summed E-state index contributed by atoms with van der Waals surface area (Å²) in [5.41, 5.74) is 2.56. The molecule has 0 bridgehead atoms. The summed E-state index contributed by atoms with van der Waals surface area (Å²) in [6.45, 7) is 3.82. The van der Waals surface area contributed by atoms with Crippen molar-refractivity contribution in [3.05, 3.63) is 21.1 Å². The maximum atomic E-state index is 10.3. The molecule has 6 heteroatoms. The number of aliphatic carboxylic acids is 1. The maximum Gasteiger partial charge on any atom is 0.303 e. The van der Waals surface area contributed by atoms with Gasteiger partial charge in [0.15, 0.2) is 3.95 Å². The monoisotopic (exact) mass is 257 g/mol. The van der Waals surface area contributed by atoms with E-state index in [1.807, 2.05) is 0 Å². The normalized spacial score (nSPS) is 9.75. The molecule has 1 aromatic heterocycles. The van der Waals surface area contributed by atoms with Crippen molar-refractivity contribution in [3.8, 4) is 5.88 Å². The minimum absolute atomic E-state index is 0.0524. The number of aromatic nitrogens is 1. The van der Waals surface area contributed by atoms with E-state index in [2.05, 4.69) is 12.3 Å². The molecule has 2 N–H and O–H groups in total. The predicted octanol–water partition coefficient (Wildman–Crippen LogP) is 2.65. The van der Waals surface area contributed by atoms with E-state index in [1.165, 1.54) is 15.9 Å². The van der Waals surface area contributed by atoms with E-state index < -0.39 is 5.97 Å². The van der Waals surface area contributed by atoms with Gasteiger partial charge in [-0.25, -0.2) is 0 Å². The molecule has 0 saturated heterocycles. The van der Waals surface area contributed by atoms with Gasteiger partial charge in [0.1, 0.15) is 0 Å². The Bertz CT molecular complexity index is 495. The molecule has 0 aliphatic carbocycles. The van der Waals surface area contributed by atoms with E-state index >= 15 is 0 Å². The molecule has 86 valence electrons. The summed E-state index contributed by atoms with van der Waals surface area (Å²) >= 11 is 6.31. The van der Waals surface area contributed by atoms with E-state index in [9.17, 15) is 9.90 Å². The van der Waals surface area contributed by atoms with Crippen LogP contribution in [0.2, 0.25) is 0 Å². The van der Waals surface area contributed by atoms with Crippen LogP contribution in [0.15, 0.2) is 12.3 Å². The Balaban J connectivity index is 2.84. The van der Waals surface area contributed by atoms with Crippen molar-refractivity contribution in [3.63, 3.8) is 0 Å². The molecular formula is C10H11NO3S2. The van der Waals surface area contributed by atoms with E-state index in [0.29, 0.717) is 21.8 Å². The average Bonchev–Trinajstić information content (AvgIpc) is 2.45. The second-order valence-corrected chi connectivity index (χ2v) is 4.73. The van der Waals surface area contributed by atoms with Gasteiger partial charge in [0.05, 0.1) is 4.88 Å². The van der Waals surface area contributed by atoms with E-state index in [4.69, 9.17) is 17.3 Å². The summed E-state index contributed by atoms with van der Waals surface area (Å²) in [5.74, 6) is -0.802. The summed E-state index contributed by atoms with van der Waals surface area (Å²) in [6, 6.07) is 0. The number of hydrogen-bond donors (Lipinski definition) is 2. The van der Waals surface area contributed by atoms with Crippen LogP contribution >= 0.6 is 23.6 Å². The van der Waals surface area contributed by atoms with Gasteiger partial charge in [-0.1, -0.05) is 6.58 Å². The van der Waals surface area contributed by atoms with Crippen molar-refractivity contribution in [2.75, 3.05) is 0 Å². The van der Waals surface area contributed by atoms with Gasteiger partial charge in [-0.3, -0.25) is 9.36 Å². The molecule has 1 heterocycles. The standard InChI is InChI=1S/C10H11NO3S2/c1-2-4-7-9(14)11(10(15)16-7)6-3-5-8(12)13/h4,14H,1,3,5-6H2,(H,12,13). The number of nitrogens with zero attached hydrogens (tertiary/aromatic N) is 1. The zero-order valence-electron chi connectivity index (χ0n) is 8.47. The summed E-state index contributed by atoms with van der Waals surface area (Å²) in [6.07, 6.45) is 2.04. The van der Waals surface area contributed by atoms with Gasteiger partial charge >= 0.3 is 5.97 Å². The van der Waals surface area contributed by atoms with E-state index in [0.717, 1.165) is 0 Å². The highest BCUT2D eigenvalue weighted by Gasteiger charge is 2.09. The molecule has 0 fully saturated rings. The molecular weight excluding hydrogens is 246 g/mol. The number of carboxylic acid groups (broad SMARTS) is 1. The highest BCUT2D eigenvalue weighted by molar-refractivity contribution is 7.73. The third kappa shape index (κ3) is 3.06. The smallest absolute Gasteiger partial charge is 0.303 e. The minimum Gasteiger partial charge on any atom is -0.493 e. The summed E-state index contributed by atoms with van der Waals surface area (Å²) in [7, 11) is 0. The Hall–Kier alpha value is -1.36. The van der Waals surface area contributed by atoms with Crippen molar-refractivity contribution < 1.29 is 15.0 Å². The van der Waals surface area contributed by atoms with Crippen molar-refractivity contribution in [2.24, 2.45) is 0 Å². The SMILES string of the molecule is C=C=Cc1sc(=S)n(CCCC(=O)O)c1O. The lowest BCUT2D eigenvalue weighted by Gasteiger charge is -2.02. The molecule has 0 amide bonds. The Kier molecular flexibility index (Phi) is 4.49. The molecule has 0 aliphatic rings. The third-order valence-electron chi connectivity index (χ3n) is 1.90. The lowest BCUT2D eigenvalue weighted by molar-refractivity contribution is -0.137.